The van der Waals surface area contributed by atoms with Gasteiger partial charge in [0.2, 0.25) is 11.8 Å². The van der Waals surface area contributed by atoms with Crippen LogP contribution in [0.5, 0.6) is 23.0 Å². The fraction of sp³-hybridized carbons (Fsp3) is 0.381. The van der Waals surface area contributed by atoms with Crippen molar-refractivity contribution in [2.24, 2.45) is 4.99 Å². The molecular formula is C63H68Cl2N8O9S2. The first-order valence-corrected chi connectivity index (χ1v) is 30.7. The van der Waals surface area contributed by atoms with E-state index < -0.39 is 12.1 Å². The Labute approximate surface area is 508 Å². The predicted octanol–water partition coefficient (Wildman–Crippen LogP) is 12.2. The average molecular weight is 1220 g/mol. The molecule has 1 aromatic heterocycles. The molecule has 3 aliphatic heterocycles. The minimum Gasteiger partial charge on any atom is -0.497 e. The Morgan fingerprint density at radius 1 is 0.738 bits per heavy atom. The van der Waals surface area contributed by atoms with Crippen LogP contribution in [0.1, 0.15) is 114 Å². The van der Waals surface area contributed by atoms with Gasteiger partial charge in [0.25, 0.3) is 11.8 Å². The van der Waals surface area contributed by atoms with Crippen molar-refractivity contribution in [2.45, 2.75) is 106 Å². The van der Waals surface area contributed by atoms with Crippen molar-refractivity contribution in [2.75, 3.05) is 65.3 Å². The van der Waals surface area contributed by atoms with E-state index in [0.717, 1.165) is 64.3 Å². The molecule has 6 amide bonds. The number of hydrogen-bond acceptors (Lipinski definition) is 13. The van der Waals surface area contributed by atoms with Crippen LogP contribution in [0.25, 0.3) is 0 Å². The maximum absolute atomic E-state index is 15.4. The fourth-order valence-electron chi connectivity index (χ4n) is 11.3. The minimum atomic E-state index is -0.617. The van der Waals surface area contributed by atoms with Crippen LogP contribution in [0.4, 0.5) is 9.93 Å². The summed E-state index contributed by atoms with van der Waals surface area (Å²) in [4.78, 5) is 88.4. The zero-order valence-electron chi connectivity index (χ0n) is 47.8. The molecule has 0 radical (unpaired) electrons. The summed E-state index contributed by atoms with van der Waals surface area (Å²) < 4.78 is 25.0. The number of halogens is 2. The summed E-state index contributed by atoms with van der Waals surface area (Å²) in [5.41, 5.74) is 4.08. The van der Waals surface area contributed by atoms with E-state index >= 15 is 4.79 Å². The summed E-state index contributed by atoms with van der Waals surface area (Å²) in [6.07, 6.45) is 6.40. The molecule has 1 aliphatic carbocycles. The summed E-state index contributed by atoms with van der Waals surface area (Å²) in [7, 11) is 3.14. The Bertz CT molecular complexity index is 3410. The number of aliphatic imine (C=N–C) groups is 1. The molecule has 6 aromatic rings. The molecule has 1 N–H and O–H groups in total. The Kier molecular flexibility index (Phi) is 19.0. The third kappa shape index (κ3) is 13.8. The van der Waals surface area contributed by atoms with Gasteiger partial charge in [-0.15, -0.1) is 0 Å². The molecular weight excluding hydrogens is 1150 g/mol. The van der Waals surface area contributed by atoms with E-state index in [1.807, 2.05) is 86.3 Å². The number of amides is 6. The number of anilines is 1. The molecule has 17 nitrogen and oxygen atoms in total. The molecule has 3 fully saturated rings. The second kappa shape index (κ2) is 26.7. The van der Waals surface area contributed by atoms with Crippen molar-refractivity contribution in [1.29, 1.82) is 0 Å². The van der Waals surface area contributed by atoms with Gasteiger partial charge in [0.1, 0.15) is 41.4 Å². The Balaban J connectivity index is 0.766. The van der Waals surface area contributed by atoms with Gasteiger partial charge in [0.15, 0.2) is 5.13 Å². The lowest BCUT2D eigenvalue weighted by atomic mass is 9.93. The number of carbonyl (C=O) groups excluding carboxylic acids is 5. The summed E-state index contributed by atoms with van der Waals surface area (Å²) in [6, 6.07) is 29.6. The van der Waals surface area contributed by atoms with Gasteiger partial charge < -0.3 is 38.5 Å². The molecule has 10 rings (SSSR count). The Hall–Kier alpha value is -7.32. The number of urea groups is 1. The van der Waals surface area contributed by atoms with E-state index in [1.54, 1.807) is 82.5 Å². The molecule has 4 heterocycles. The highest BCUT2D eigenvalue weighted by Crippen LogP contribution is 2.46. The van der Waals surface area contributed by atoms with Gasteiger partial charge in [-0.05, 0) is 142 Å². The quantitative estimate of drug-likeness (QED) is 0.104. The summed E-state index contributed by atoms with van der Waals surface area (Å²) in [6.45, 7) is 9.80. The minimum absolute atomic E-state index is 0.00438. The molecule has 5 aromatic carbocycles. The molecule has 1 saturated carbocycles. The van der Waals surface area contributed by atoms with Crippen molar-refractivity contribution in [3.63, 3.8) is 0 Å². The maximum Gasteiger partial charge on any atom is 0.326 e. The molecule has 2 unspecified atom stereocenters. The summed E-state index contributed by atoms with van der Waals surface area (Å²) >= 11 is 15.6. The second-order valence-electron chi connectivity index (χ2n) is 21.6. The molecule has 4 aliphatic rings. The lowest BCUT2D eigenvalue weighted by Crippen LogP contribution is -2.58. The highest BCUT2D eigenvalue weighted by molar-refractivity contribution is 8.01. The number of nitrogens with zero attached hydrogens (tertiary/aromatic N) is 7. The summed E-state index contributed by atoms with van der Waals surface area (Å²) in [5.74, 6) is 2.04. The van der Waals surface area contributed by atoms with Gasteiger partial charge in [-0.3, -0.25) is 34.4 Å². The van der Waals surface area contributed by atoms with Crippen LogP contribution >= 0.6 is 46.3 Å². The lowest BCUT2D eigenvalue weighted by Gasteiger charge is -2.42. The summed E-state index contributed by atoms with van der Waals surface area (Å²) in [5, 5.41) is 4.49. The number of rotatable bonds is 15. The van der Waals surface area contributed by atoms with E-state index in [4.69, 9.17) is 47.1 Å². The maximum atomic E-state index is 15.4. The number of hydrogen-bond donors (Lipinski definition) is 1. The number of amidine groups is 1. The van der Waals surface area contributed by atoms with Crippen LogP contribution in [0.3, 0.4) is 0 Å². The third-order valence-electron chi connectivity index (χ3n) is 15.7. The molecule has 440 valence electrons. The van der Waals surface area contributed by atoms with Crippen LogP contribution in [-0.2, 0) is 9.59 Å². The number of ether oxygens (including phenoxy) is 4. The Morgan fingerprint density at radius 2 is 1.40 bits per heavy atom. The number of methoxy groups -OCH3 is 2. The van der Waals surface area contributed by atoms with Crippen LogP contribution in [0.2, 0.25) is 10.0 Å². The van der Waals surface area contributed by atoms with Crippen LogP contribution in [-0.4, -0.2) is 143 Å². The van der Waals surface area contributed by atoms with Gasteiger partial charge in [-0.1, -0.05) is 77.0 Å². The van der Waals surface area contributed by atoms with Crippen molar-refractivity contribution >= 4 is 86.9 Å². The zero-order chi connectivity index (χ0) is 59.2. The molecule has 21 heteroatoms. The largest absolute Gasteiger partial charge is 0.497 e. The monoisotopic (exact) mass is 1210 g/mol. The van der Waals surface area contributed by atoms with Crippen molar-refractivity contribution in [3.05, 3.63) is 153 Å². The van der Waals surface area contributed by atoms with E-state index in [0.29, 0.717) is 100.0 Å². The van der Waals surface area contributed by atoms with Gasteiger partial charge >= 0.3 is 6.03 Å². The Morgan fingerprint density at radius 3 is 2.07 bits per heavy atom. The van der Waals surface area contributed by atoms with Gasteiger partial charge in [-0.25, -0.2) is 9.78 Å². The van der Waals surface area contributed by atoms with Crippen molar-refractivity contribution < 1.29 is 42.9 Å². The van der Waals surface area contributed by atoms with Crippen molar-refractivity contribution in [1.82, 2.24) is 29.5 Å². The number of aromatic nitrogens is 1. The highest BCUT2D eigenvalue weighted by Gasteiger charge is 2.46. The SMILES string of the molecule is COc1ccc(C2=N[C@@H](c3ccc(Cl)cc3)[C@@H](c3ccc(Cl)cc3)N2C(=O)N2CCN(C3CCCCC(Oc4ccc(C(=O)Nc5ncc(Sc6cc(C(=O)N7CCN(C(C)=O)CC7)c(OC)cc6C)s5)cc4)CC3)C(=O)C2)c(OC(C)C)c1. The second-order valence-corrected chi connectivity index (χ2v) is 24.8. The lowest BCUT2D eigenvalue weighted by molar-refractivity contribution is -0.138. The van der Waals surface area contributed by atoms with Crippen LogP contribution in [0.15, 0.2) is 123 Å². The van der Waals surface area contributed by atoms with Gasteiger partial charge in [0.05, 0.1) is 54.0 Å². The van der Waals surface area contributed by atoms with Crippen molar-refractivity contribution in [3.8, 4) is 23.0 Å². The number of aryl methyl sites for hydroxylation is 1. The molecule has 84 heavy (non-hydrogen) atoms. The number of benzene rings is 5. The molecule has 2 saturated heterocycles. The first-order chi connectivity index (χ1) is 40.5. The number of piperazine rings is 2. The normalized spacial score (nSPS) is 19.4. The van der Waals surface area contributed by atoms with E-state index in [1.165, 1.54) is 30.0 Å². The average Bonchev–Trinajstić information content (AvgIpc) is 3.75. The first kappa shape index (κ1) is 59.8. The van der Waals surface area contributed by atoms with E-state index in [-0.39, 0.29) is 54.5 Å². The number of thiazole rings is 1. The number of nitrogens with one attached hydrogen (secondary N) is 1. The molecule has 4 atom stereocenters. The standard InChI is InChI=1S/C63H68Cl2N8O9S2/c1-38(2)81-53-34-49(79-5)25-26-50(53)59-67-57(41-11-17-44(64)18-12-41)58(42-13-19-45(65)20-14-42)73(59)63(78)71-31-32-72(55(75)37-71)46-9-7-8-10-47(24-21-46)82-48-22-15-43(16-23-48)60(76)68-62-66-36-56(84-62)83-54-35-51(52(80-6)33-39(54)3)61(77)70-29-27-69(28-30-70)40(4)74/h11-20,22-23,25-26,33-36,38,46-47,57-58H,7-10,21,24,27-32,37H2,1-6H3,(H,66,68,76)/t46?,47?,57-,58+/m0/s1. The van der Waals surface area contributed by atoms with Crippen LogP contribution in [0, 0.1) is 6.92 Å². The molecule has 0 bridgehead atoms. The highest BCUT2D eigenvalue weighted by atomic mass is 35.5. The van der Waals surface area contributed by atoms with Crippen LogP contribution < -0.4 is 24.3 Å². The third-order valence-corrected chi connectivity index (χ3v) is 18.3. The smallest absolute Gasteiger partial charge is 0.326 e. The van der Waals surface area contributed by atoms with E-state index in [2.05, 4.69) is 10.3 Å². The van der Waals surface area contributed by atoms with Gasteiger partial charge in [-0.2, -0.15) is 0 Å². The fourth-order valence-corrected chi connectivity index (χ4v) is 13.5. The number of carbonyl (C=O) groups is 5. The predicted molar refractivity (Wildman–Crippen MR) is 327 cm³/mol. The topological polar surface area (TPSA) is 176 Å². The van der Waals surface area contributed by atoms with Gasteiger partial charge in [0, 0.05) is 78.8 Å². The molecule has 0 spiro atoms. The zero-order valence-corrected chi connectivity index (χ0v) is 51.0. The first-order valence-electron chi connectivity index (χ1n) is 28.3. The van der Waals surface area contributed by atoms with E-state index in [9.17, 15) is 19.2 Å².